The number of hydrogen-bond acceptors (Lipinski definition) is 2. The molecule has 0 aliphatic carbocycles. The summed E-state index contributed by atoms with van der Waals surface area (Å²) in [6.07, 6.45) is -4.61. The van der Waals surface area contributed by atoms with Crippen molar-refractivity contribution in [1.82, 2.24) is 0 Å². The molecule has 0 bridgehead atoms. The highest BCUT2D eigenvalue weighted by Crippen LogP contribution is 2.34. The molecule has 0 fully saturated rings. The van der Waals surface area contributed by atoms with Gasteiger partial charge in [0.2, 0.25) is 0 Å². The highest BCUT2D eigenvalue weighted by molar-refractivity contribution is 5.47. The predicted octanol–water partition coefficient (Wildman–Crippen LogP) is 1.89. The van der Waals surface area contributed by atoms with Crippen LogP contribution in [0.15, 0.2) is 12.1 Å². The summed E-state index contributed by atoms with van der Waals surface area (Å²) < 4.78 is 49.9. The number of hydrogen-bond donors (Lipinski definition) is 2. The van der Waals surface area contributed by atoms with Crippen molar-refractivity contribution in [2.75, 3.05) is 5.73 Å². The van der Waals surface area contributed by atoms with Crippen molar-refractivity contribution >= 4 is 5.69 Å². The van der Waals surface area contributed by atoms with Gasteiger partial charge in [-0.15, -0.1) is 0 Å². The molecule has 1 rings (SSSR count). The molecule has 6 heteroatoms. The van der Waals surface area contributed by atoms with E-state index in [0.717, 1.165) is 12.1 Å². The topological polar surface area (TPSA) is 52.0 Å². The molecule has 0 saturated heterocycles. The van der Waals surface area contributed by atoms with Crippen LogP contribution in [0, 0.1) is 5.82 Å². The number of rotatable bonds is 1. The van der Waals surface area contributed by atoms with Crippen LogP contribution in [0.1, 0.15) is 11.1 Å². The van der Waals surface area contributed by atoms with Gasteiger partial charge in [-0.1, -0.05) is 0 Å². The Bertz CT molecular complexity index is 346. The summed E-state index contributed by atoms with van der Waals surface area (Å²) in [4.78, 5) is 0. The number of benzene rings is 1. The van der Waals surface area contributed by atoms with Crippen molar-refractivity contribution in [2.24, 2.45) is 5.73 Å². The summed E-state index contributed by atoms with van der Waals surface area (Å²) in [5, 5.41) is 0. The fourth-order valence-corrected chi connectivity index (χ4v) is 1.10. The third kappa shape index (κ3) is 1.79. The molecule has 1 aromatic rings. The Morgan fingerprint density at radius 3 is 2.21 bits per heavy atom. The summed E-state index contributed by atoms with van der Waals surface area (Å²) in [5.41, 5.74) is 8.12. The van der Waals surface area contributed by atoms with E-state index in [1.165, 1.54) is 0 Å². The van der Waals surface area contributed by atoms with Gasteiger partial charge in [0.05, 0.1) is 11.3 Å². The largest absolute Gasteiger partial charge is 0.416 e. The summed E-state index contributed by atoms with van der Waals surface area (Å²) in [5.74, 6) is -1.10. The Morgan fingerprint density at radius 2 is 1.79 bits per heavy atom. The van der Waals surface area contributed by atoms with Gasteiger partial charge in [-0.3, -0.25) is 0 Å². The predicted molar refractivity (Wildman–Crippen MR) is 43.7 cm³/mol. The SMILES string of the molecule is NCc1c(C(F)(F)F)ccc(N)c1F. The van der Waals surface area contributed by atoms with Gasteiger partial charge in [-0.05, 0) is 12.1 Å². The molecule has 2 nitrogen and oxygen atoms in total. The monoisotopic (exact) mass is 208 g/mol. The number of nitrogens with two attached hydrogens (primary N) is 2. The standard InChI is InChI=1S/C8H8F4N2/c9-7-4(3-13)5(8(10,11)12)1-2-6(7)14/h1-2H,3,13-14H2. The Morgan fingerprint density at radius 1 is 1.21 bits per heavy atom. The Balaban J connectivity index is 3.39. The first-order chi connectivity index (χ1) is 6.38. The quantitative estimate of drug-likeness (QED) is 0.547. The van der Waals surface area contributed by atoms with E-state index in [2.05, 4.69) is 0 Å². The van der Waals surface area contributed by atoms with Crippen LogP contribution in [0.25, 0.3) is 0 Å². The van der Waals surface area contributed by atoms with Crippen molar-refractivity contribution in [3.8, 4) is 0 Å². The molecule has 1 aromatic carbocycles. The van der Waals surface area contributed by atoms with Crippen LogP contribution in [-0.4, -0.2) is 0 Å². The first-order valence-corrected chi connectivity index (χ1v) is 3.72. The number of nitrogen functional groups attached to an aromatic ring is 1. The fourth-order valence-electron chi connectivity index (χ4n) is 1.10. The van der Waals surface area contributed by atoms with Gasteiger partial charge in [0.25, 0.3) is 0 Å². The Hall–Kier alpha value is -1.30. The zero-order valence-electron chi connectivity index (χ0n) is 7.03. The van der Waals surface area contributed by atoms with Crippen LogP contribution in [0.2, 0.25) is 0 Å². The second-order valence-electron chi connectivity index (χ2n) is 2.70. The molecule has 0 amide bonds. The molecule has 0 spiro atoms. The second-order valence-corrected chi connectivity index (χ2v) is 2.70. The molecule has 78 valence electrons. The lowest BCUT2D eigenvalue weighted by Crippen LogP contribution is -2.14. The number of alkyl halides is 3. The maximum atomic E-state index is 13.1. The summed E-state index contributed by atoms with van der Waals surface area (Å²) in [7, 11) is 0. The van der Waals surface area contributed by atoms with Gasteiger partial charge < -0.3 is 11.5 Å². The summed E-state index contributed by atoms with van der Waals surface area (Å²) in [6.45, 7) is -0.536. The van der Waals surface area contributed by atoms with E-state index in [4.69, 9.17) is 11.5 Å². The zero-order valence-corrected chi connectivity index (χ0v) is 7.03. The highest BCUT2D eigenvalue weighted by atomic mass is 19.4. The van der Waals surface area contributed by atoms with Crippen LogP contribution in [0.4, 0.5) is 23.2 Å². The zero-order chi connectivity index (χ0) is 10.9. The van der Waals surface area contributed by atoms with Gasteiger partial charge in [0, 0.05) is 12.1 Å². The maximum absolute atomic E-state index is 13.1. The molecule has 0 atom stereocenters. The van der Waals surface area contributed by atoms with Gasteiger partial charge in [-0.2, -0.15) is 13.2 Å². The van der Waals surface area contributed by atoms with E-state index in [9.17, 15) is 17.6 Å². The van der Waals surface area contributed by atoms with Crippen molar-refractivity contribution in [2.45, 2.75) is 12.7 Å². The lowest BCUT2D eigenvalue weighted by Gasteiger charge is -2.13. The second kappa shape index (κ2) is 3.45. The molecule has 0 heterocycles. The number of halogens is 4. The van der Waals surface area contributed by atoms with Crippen LogP contribution < -0.4 is 11.5 Å². The minimum atomic E-state index is -4.61. The molecular weight excluding hydrogens is 200 g/mol. The Kier molecular flexibility index (Phi) is 2.66. The molecule has 0 aliphatic rings. The first kappa shape index (κ1) is 10.8. The van der Waals surface area contributed by atoms with E-state index < -0.39 is 29.7 Å². The van der Waals surface area contributed by atoms with Gasteiger partial charge in [-0.25, -0.2) is 4.39 Å². The minimum absolute atomic E-state index is 0.335. The van der Waals surface area contributed by atoms with E-state index in [1.807, 2.05) is 0 Å². The smallest absolute Gasteiger partial charge is 0.396 e. The normalized spacial score (nSPS) is 11.8. The molecule has 0 unspecified atom stereocenters. The van der Waals surface area contributed by atoms with Crippen LogP contribution in [0.5, 0.6) is 0 Å². The van der Waals surface area contributed by atoms with Gasteiger partial charge in [0.15, 0.2) is 5.82 Å². The van der Waals surface area contributed by atoms with Gasteiger partial charge >= 0.3 is 6.18 Å². The molecular formula is C8H8F4N2. The lowest BCUT2D eigenvalue weighted by atomic mass is 10.1. The minimum Gasteiger partial charge on any atom is -0.396 e. The van der Waals surface area contributed by atoms with Crippen molar-refractivity contribution < 1.29 is 17.6 Å². The Labute approximate surface area is 77.5 Å². The molecule has 0 aromatic heterocycles. The van der Waals surface area contributed by atoms with E-state index >= 15 is 0 Å². The van der Waals surface area contributed by atoms with E-state index in [0.29, 0.717) is 0 Å². The van der Waals surface area contributed by atoms with Crippen LogP contribution in [-0.2, 0) is 12.7 Å². The molecule has 0 saturated carbocycles. The third-order valence-corrected chi connectivity index (χ3v) is 1.78. The lowest BCUT2D eigenvalue weighted by molar-refractivity contribution is -0.138. The molecule has 0 radical (unpaired) electrons. The van der Waals surface area contributed by atoms with E-state index in [-0.39, 0.29) is 5.69 Å². The van der Waals surface area contributed by atoms with Crippen molar-refractivity contribution in [3.63, 3.8) is 0 Å². The molecule has 14 heavy (non-hydrogen) atoms. The summed E-state index contributed by atoms with van der Waals surface area (Å²) >= 11 is 0. The number of anilines is 1. The van der Waals surface area contributed by atoms with Crippen molar-refractivity contribution in [1.29, 1.82) is 0 Å². The fraction of sp³-hybridized carbons (Fsp3) is 0.250. The average Bonchev–Trinajstić information content (AvgIpc) is 2.07. The first-order valence-electron chi connectivity index (χ1n) is 3.72. The highest BCUT2D eigenvalue weighted by Gasteiger charge is 2.34. The van der Waals surface area contributed by atoms with Crippen LogP contribution >= 0.6 is 0 Å². The van der Waals surface area contributed by atoms with E-state index in [1.54, 1.807) is 0 Å². The van der Waals surface area contributed by atoms with Crippen molar-refractivity contribution in [3.05, 3.63) is 29.1 Å². The van der Waals surface area contributed by atoms with Gasteiger partial charge in [0.1, 0.15) is 0 Å². The molecule has 0 aliphatic heterocycles. The summed E-state index contributed by atoms with van der Waals surface area (Å²) in [6, 6.07) is 1.60. The maximum Gasteiger partial charge on any atom is 0.416 e. The molecule has 4 N–H and O–H groups in total. The third-order valence-electron chi connectivity index (χ3n) is 1.78. The van der Waals surface area contributed by atoms with Crippen LogP contribution in [0.3, 0.4) is 0 Å². The average molecular weight is 208 g/mol.